The summed E-state index contributed by atoms with van der Waals surface area (Å²) in [6, 6.07) is 0. The number of rotatable bonds is 4. The monoisotopic (exact) mass is 215 g/mol. The van der Waals surface area contributed by atoms with E-state index in [2.05, 4.69) is 13.8 Å². The normalized spacial score (nSPS) is 7.33. The van der Waals surface area contributed by atoms with Crippen LogP contribution in [-0.2, 0) is 21.1 Å². The Labute approximate surface area is 73.5 Å². The first-order valence-corrected chi connectivity index (χ1v) is 3.41. The van der Waals surface area contributed by atoms with Crippen LogP contribution in [0.15, 0.2) is 0 Å². The van der Waals surface area contributed by atoms with Crippen molar-refractivity contribution >= 4 is 0 Å². The molecule has 2 heteroatoms. The van der Waals surface area contributed by atoms with E-state index in [-0.39, 0.29) is 27.2 Å². The van der Waals surface area contributed by atoms with Crippen molar-refractivity contribution in [2.24, 2.45) is 0 Å². The molecule has 0 unspecified atom stereocenters. The minimum Gasteiger partial charge on any atom is -0.344 e. The van der Waals surface area contributed by atoms with Gasteiger partial charge in [0.05, 0.1) is 0 Å². The number of hydrogen-bond donors (Lipinski definition) is 1. The molecule has 1 nitrogen and oxygen atoms in total. The maximum absolute atomic E-state index is 2.25. The minimum atomic E-state index is 0. The Balaban J connectivity index is -0.000000180. The maximum Gasteiger partial charge on any atom is 0 e. The Bertz CT molecular complexity index is 28.1. The van der Waals surface area contributed by atoms with E-state index in [0.717, 1.165) is 0 Å². The van der Waals surface area contributed by atoms with Gasteiger partial charge in [-0.15, -0.1) is 0 Å². The molecule has 0 aromatic rings. The molecule has 0 bridgehead atoms. The Morgan fingerprint density at radius 3 is 1.33 bits per heavy atom. The van der Waals surface area contributed by atoms with Crippen LogP contribution in [0.3, 0.4) is 0 Å². The quantitative estimate of drug-likeness (QED) is 0.565. The molecule has 3 N–H and O–H groups in total. The Morgan fingerprint density at radius 2 is 1.11 bits per heavy atom. The second kappa shape index (κ2) is 15.9. The molecule has 0 spiro atoms. The van der Waals surface area contributed by atoms with Gasteiger partial charge < -0.3 is 6.15 Å². The number of unbranched alkanes of at least 4 members (excludes halogenated alkanes) is 4. The zero-order chi connectivity index (χ0) is 5.54. The van der Waals surface area contributed by atoms with Crippen molar-refractivity contribution < 1.29 is 21.1 Å². The van der Waals surface area contributed by atoms with Crippen LogP contribution < -0.4 is 6.15 Å². The fourth-order valence-electron chi connectivity index (χ4n) is 0.677. The smallest absolute Gasteiger partial charge is 0 e. The molecule has 0 aliphatic carbocycles. The van der Waals surface area contributed by atoms with E-state index in [9.17, 15) is 0 Å². The van der Waals surface area contributed by atoms with E-state index >= 15 is 0 Å². The van der Waals surface area contributed by atoms with Crippen LogP contribution >= 0.6 is 0 Å². The summed E-state index contributed by atoms with van der Waals surface area (Å²) < 4.78 is 0. The van der Waals surface area contributed by atoms with Crippen molar-refractivity contribution in [3.63, 3.8) is 0 Å². The van der Waals surface area contributed by atoms with Crippen molar-refractivity contribution in [1.82, 2.24) is 6.15 Å². The molecule has 0 amide bonds. The molecular weight excluding hydrogens is 194 g/mol. The second-order valence-corrected chi connectivity index (χ2v) is 2.06. The third kappa shape index (κ3) is 17.7. The van der Waals surface area contributed by atoms with Gasteiger partial charge in [-0.1, -0.05) is 46.0 Å². The van der Waals surface area contributed by atoms with Crippen LogP contribution in [-0.4, -0.2) is 0 Å². The van der Waals surface area contributed by atoms with Crippen molar-refractivity contribution in [2.45, 2.75) is 46.0 Å². The summed E-state index contributed by atoms with van der Waals surface area (Å²) in [5, 5.41) is 0. The third-order valence-electron chi connectivity index (χ3n) is 1.21. The second-order valence-electron chi connectivity index (χ2n) is 2.06. The topological polar surface area (TPSA) is 35.0 Å². The first-order chi connectivity index (χ1) is 3.41. The molecule has 0 saturated heterocycles. The largest absolute Gasteiger partial charge is 0.344 e. The Kier molecular flexibility index (Phi) is 28.8. The van der Waals surface area contributed by atoms with E-state index in [0.29, 0.717) is 0 Å². The molecule has 0 atom stereocenters. The first-order valence-electron chi connectivity index (χ1n) is 3.41. The maximum atomic E-state index is 2.25. The molecule has 0 rings (SSSR count). The molecule has 0 saturated carbocycles. The zero-order valence-electron chi connectivity index (χ0n) is 6.65. The minimum absolute atomic E-state index is 0. The van der Waals surface area contributed by atoms with Crippen LogP contribution in [0.25, 0.3) is 0 Å². The van der Waals surface area contributed by atoms with Gasteiger partial charge in [0.25, 0.3) is 0 Å². The summed E-state index contributed by atoms with van der Waals surface area (Å²) in [7, 11) is 0. The van der Waals surface area contributed by atoms with Crippen LogP contribution in [0.2, 0.25) is 0 Å². The summed E-state index contributed by atoms with van der Waals surface area (Å²) in [5.74, 6) is 0. The van der Waals surface area contributed by atoms with Crippen molar-refractivity contribution in [1.29, 1.82) is 0 Å². The number of hydrogen-bond acceptors (Lipinski definition) is 1. The van der Waals surface area contributed by atoms with Crippen molar-refractivity contribution in [2.75, 3.05) is 0 Å². The van der Waals surface area contributed by atoms with E-state index < -0.39 is 0 Å². The van der Waals surface area contributed by atoms with E-state index in [1.807, 2.05) is 0 Å². The zero-order valence-corrected chi connectivity index (χ0v) is 8.66. The average molecular weight is 213 g/mol. The summed E-state index contributed by atoms with van der Waals surface area (Å²) in [5.41, 5.74) is 0. The van der Waals surface area contributed by atoms with Gasteiger partial charge in [-0.05, 0) is 0 Å². The molecule has 0 radical (unpaired) electrons. The van der Waals surface area contributed by atoms with Crippen LogP contribution in [0.1, 0.15) is 46.0 Å². The van der Waals surface area contributed by atoms with Crippen LogP contribution in [0.5, 0.6) is 0 Å². The standard InChI is InChI=1S/C7H16.Mo.H3N/c1-3-5-7-6-4-2;;/h3-7H2,1-2H3;;1H3. The summed E-state index contributed by atoms with van der Waals surface area (Å²) >= 11 is 0. The predicted molar refractivity (Wildman–Crippen MR) is 39.5 cm³/mol. The molecule has 0 aromatic heterocycles. The van der Waals surface area contributed by atoms with Gasteiger partial charge in [0.15, 0.2) is 0 Å². The predicted octanol–water partition coefficient (Wildman–Crippen LogP) is 3.14. The Morgan fingerprint density at radius 1 is 0.778 bits per heavy atom. The Hall–Kier alpha value is 0.648. The molecule has 0 fully saturated rings. The fraction of sp³-hybridized carbons (Fsp3) is 1.00. The van der Waals surface area contributed by atoms with Gasteiger partial charge in [0.1, 0.15) is 0 Å². The van der Waals surface area contributed by atoms with E-state index in [1.165, 1.54) is 32.1 Å². The van der Waals surface area contributed by atoms with Gasteiger partial charge in [0.2, 0.25) is 0 Å². The molecule has 0 aromatic carbocycles. The molecule has 0 aliphatic heterocycles. The van der Waals surface area contributed by atoms with Crippen molar-refractivity contribution in [3.8, 4) is 0 Å². The van der Waals surface area contributed by atoms with Gasteiger partial charge in [-0.25, -0.2) is 0 Å². The van der Waals surface area contributed by atoms with Crippen molar-refractivity contribution in [3.05, 3.63) is 0 Å². The van der Waals surface area contributed by atoms with E-state index in [1.54, 1.807) is 0 Å². The van der Waals surface area contributed by atoms with Crippen LogP contribution in [0, 0.1) is 0 Å². The molecular formula is C7H19MoN. The fourth-order valence-corrected chi connectivity index (χ4v) is 0.677. The first kappa shape index (κ1) is 16.3. The third-order valence-corrected chi connectivity index (χ3v) is 1.21. The SMILES string of the molecule is CCCCCCC.N.[Mo]. The van der Waals surface area contributed by atoms with Gasteiger partial charge in [-0.3, -0.25) is 0 Å². The average Bonchev–Trinajstić information content (AvgIpc) is 1.69. The van der Waals surface area contributed by atoms with Gasteiger partial charge in [-0.2, -0.15) is 0 Å². The summed E-state index contributed by atoms with van der Waals surface area (Å²) in [4.78, 5) is 0. The van der Waals surface area contributed by atoms with E-state index in [4.69, 9.17) is 0 Å². The molecule has 9 heavy (non-hydrogen) atoms. The molecule has 0 aliphatic rings. The summed E-state index contributed by atoms with van der Waals surface area (Å²) in [6.45, 7) is 4.49. The van der Waals surface area contributed by atoms with Gasteiger partial charge in [0, 0.05) is 21.1 Å². The molecule has 58 valence electrons. The van der Waals surface area contributed by atoms with Crippen LogP contribution in [0.4, 0.5) is 0 Å². The molecule has 0 heterocycles. The summed E-state index contributed by atoms with van der Waals surface area (Å²) in [6.07, 6.45) is 7.01. The van der Waals surface area contributed by atoms with Gasteiger partial charge >= 0.3 is 0 Å².